The standard InChI is InChI=1S/C24H18O14/c25-8-1-14(29)23(15(30)2-8)38-18-7-13(28)20(34)21(35)24(18)37-10-5-16(31)22(17(32)6-10)36-9-3-11(26)19(33)12(27)4-9/h1-7,25-35H. The number of ether oxygens (including phenoxy) is 3. The van der Waals surface area contributed by atoms with Crippen LogP contribution in [0.15, 0.2) is 42.5 Å². The molecule has 0 atom stereocenters. The van der Waals surface area contributed by atoms with E-state index in [2.05, 4.69) is 0 Å². The van der Waals surface area contributed by atoms with Crippen LogP contribution in [0.25, 0.3) is 0 Å². The molecule has 0 aliphatic rings. The predicted molar refractivity (Wildman–Crippen MR) is 124 cm³/mol. The molecule has 0 aliphatic heterocycles. The highest BCUT2D eigenvalue weighted by Crippen LogP contribution is 2.54. The zero-order valence-electron chi connectivity index (χ0n) is 18.7. The average Bonchev–Trinajstić information content (AvgIpc) is 2.83. The summed E-state index contributed by atoms with van der Waals surface area (Å²) in [4.78, 5) is 0. The monoisotopic (exact) mass is 530 g/mol. The molecule has 0 spiro atoms. The molecule has 14 nitrogen and oxygen atoms in total. The van der Waals surface area contributed by atoms with E-state index in [0.717, 1.165) is 42.5 Å². The van der Waals surface area contributed by atoms with Gasteiger partial charge < -0.3 is 70.4 Å². The Morgan fingerprint density at radius 2 is 0.737 bits per heavy atom. The highest BCUT2D eigenvalue weighted by Gasteiger charge is 2.25. The van der Waals surface area contributed by atoms with Crippen molar-refractivity contribution in [1.29, 1.82) is 0 Å². The fourth-order valence-electron chi connectivity index (χ4n) is 3.19. The first-order valence-electron chi connectivity index (χ1n) is 10.2. The van der Waals surface area contributed by atoms with E-state index in [0.29, 0.717) is 0 Å². The molecule has 0 heterocycles. The summed E-state index contributed by atoms with van der Waals surface area (Å²) in [6, 6.07) is 5.89. The minimum absolute atomic E-state index is 0.289. The van der Waals surface area contributed by atoms with Crippen molar-refractivity contribution in [2.75, 3.05) is 0 Å². The molecule has 4 aromatic rings. The third kappa shape index (κ3) is 4.64. The molecule has 4 aromatic carbocycles. The summed E-state index contributed by atoms with van der Waals surface area (Å²) in [6.45, 7) is 0. The Kier molecular flexibility index (Phi) is 6.14. The highest BCUT2D eigenvalue weighted by molar-refractivity contribution is 5.67. The topological polar surface area (TPSA) is 250 Å². The van der Waals surface area contributed by atoms with E-state index in [9.17, 15) is 56.2 Å². The second kappa shape index (κ2) is 9.27. The molecule has 0 fully saturated rings. The van der Waals surface area contributed by atoms with Crippen molar-refractivity contribution in [3.8, 4) is 97.7 Å². The van der Waals surface area contributed by atoms with E-state index >= 15 is 0 Å². The van der Waals surface area contributed by atoms with Crippen LogP contribution in [-0.4, -0.2) is 56.2 Å². The van der Waals surface area contributed by atoms with E-state index in [4.69, 9.17) is 14.2 Å². The highest BCUT2D eigenvalue weighted by atomic mass is 16.5. The first-order chi connectivity index (χ1) is 17.8. The number of benzene rings is 4. The van der Waals surface area contributed by atoms with Gasteiger partial charge in [-0.2, -0.15) is 0 Å². The van der Waals surface area contributed by atoms with Gasteiger partial charge in [0.25, 0.3) is 0 Å². The van der Waals surface area contributed by atoms with Gasteiger partial charge in [0, 0.05) is 42.5 Å². The Hall–Kier alpha value is -5.92. The van der Waals surface area contributed by atoms with Gasteiger partial charge in [-0.15, -0.1) is 0 Å². The van der Waals surface area contributed by atoms with Crippen LogP contribution in [0.1, 0.15) is 0 Å². The normalized spacial score (nSPS) is 10.7. The minimum atomic E-state index is -1.08. The summed E-state index contributed by atoms with van der Waals surface area (Å²) in [5.41, 5.74) is 0. The molecule has 11 N–H and O–H groups in total. The van der Waals surface area contributed by atoms with Gasteiger partial charge in [-0.25, -0.2) is 0 Å². The number of phenolic OH excluding ortho intramolecular Hbond substituents is 11. The van der Waals surface area contributed by atoms with Crippen LogP contribution in [0.3, 0.4) is 0 Å². The Balaban J connectivity index is 1.71. The zero-order valence-corrected chi connectivity index (χ0v) is 18.7. The summed E-state index contributed by atoms with van der Waals surface area (Å²) in [7, 11) is 0. The van der Waals surface area contributed by atoms with Crippen LogP contribution >= 0.6 is 0 Å². The van der Waals surface area contributed by atoms with E-state index in [1.54, 1.807) is 0 Å². The maximum atomic E-state index is 10.4. The number of hydrogen-bond donors (Lipinski definition) is 11. The summed E-state index contributed by atoms with van der Waals surface area (Å²) in [6.07, 6.45) is 0. The van der Waals surface area contributed by atoms with Crippen LogP contribution in [0.2, 0.25) is 0 Å². The predicted octanol–water partition coefficient (Wildman–Crippen LogP) is 3.83. The van der Waals surface area contributed by atoms with Crippen molar-refractivity contribution >= 4 is 0 Å². The molecule has 4 rings (SSSR count). The number of aromatic hydroxyl groups is 11. The molecule has 14 heteroatoms. The fraction of sp³-hybridized carbons (Fsp3) is 0. The third-order valence-corrected chi connectivity index (χ3v) is 4.93. The number of rotatable bonds is 6. The van der Waals surface area contributed by atoms with E-state index in [-0.39, 0.29) is 5.75 Å². The van der Waals surface area contributed by atoms with Crippen molar-refractivity contribution in [2.45, 2.75) is 0 Å². The number of hydrogen-bond acceptors (Lipinski definition) is 14. The molecule has 0 bridgehead atoms. The van der Waals surface area contributed by atoms with Crippen LogP contribution < -0.4 is 14.2 Å². The van der Waals surface area contributed by atoms with Gasteiger partial charge in [0.15, 0.2) is 46.0 Å². The summed E-state index contributed by atoms with van der Waals surface area (Å²) < 4.78 is 16.0. The minimum Gasteiger partial charge on any atom is -0.508 e. The van der Waals surface area contributed by atoms with E-state index in [1.807, 2.05) is 0 Å². The molecule has 0 unspecified atom stereocenters. The van der Waals surface area contributed by atoms with Crippen LogP contribution in [0, 0.1) is 0 Å². The Morgan fingerprint density at radius 3 is 1.26 bits per heavy atom. The molecule has 38 heavy (non-hydrogen) atoms. The molecular formula is C24H18O14. The maximum Gasteiger partial charge on any atom is 0.215 e. The fourth-order valence-corrected chi connectivity index (χ4v) is 3.19. The van der Waals surface area contributed by atoms with Crippen molar-refractivity contribution in [3.05, 3.63) is 42.5 Å². The molecule has 0 saturated carbocycles. The van der Waals surface area contributed by atoms with Gasteiger partial charge in [0.05, 0.1) is 0 Å². The van der Waals surface area contributed by atoms with Crippen LogP contribution in [0.4, 0.5) is 0 Å². The summed E-state index contributed by atoms with van der Waals surface area (Å²) in [5.74, 6) is -12.0. The number of phenols is 11. The van der Waals surface area contributed by atoms with Crippen molar-refractivity contribution in [1.82, 2.24) is 0 Å². The van der Waals surface area contributed by atoms with Gasteiger partial charge in [-0.3, -0.25) is 0 Å². The molecular weight excluding hydrogens is 512 g/mol. The molecule has 0 saturated heterocycles. The average molecular weight is 530 g/mol. The van der Waals surface area contributed by atoms with Gasteiger partial charge in [0.2, 0.25) is 34.5 Å². The SMILES string of the molecule is Oc1cc(O)c(Oc2cc(O)c(O)c(O)c2Oc2cc(O)c(Oc3cc(O)c(O)c(O)c3)c(O)c2)c(O)c1. The van der Waals surface area contributed by atoms with Gasteiger partial charge in [0.1, 0.15) is 17.2 Å². The molecule has 0 aromatic heterocycles. The van der Waals surface area contributed by atoms with Crippen molar-refractivity contribution in [3.63, 3.8) is 0 Å². The molecule has 0 aliphatic carbocycles. The second-order valence-electron chi connectivity index (χ2n) is 7.64. The van der Waals surface area contributed by atoms with E-state index in [1.165, 1.54) is 0 Å². The van der Waals surface area contributed by atoms with Crippen molar-refractivity contribution in [2.24, 2.45) is 0 Å². The van der Waals surface area contributed by atoms with Gasteiger partial charge in [-0.05, 0) is 0 Å². The summed E-state index contributed by atoms with van der Waals surface area (Å²) in [5, 5.41) is 109. The lowest BCUT2D eigenvalue weighted by atomic mass is 10.2. The van der Waals surface area contributed by atoms with Crippen LogP contribution in [-0.2, 0) is 0 Å². The maximum absolute atomic E-state index is 10.4. The molecule has 198 valence electrons. The molecule has 0 radical (unpaired) electrons. The third-order valence-electron chi connectivity index (χ3n) is 4.93. The zero-order chi connectivity index (χ0) is 27.9. The largest absolute Gasteiger partial charge is 0.508 e. The Bertz CT molecular complexity index is 1490. The Labute approximate surface area is 211 Å². The smallest absolute Gasteiger partial charge is 0.215 e. The first-order valence-corrected chi connectivity index (χ1v) is 10.2. The van der Waals surface area contributed by atoms with Gasteiger partial charge >= 0.3 is 0 Å². The summed E-state index contributed by atoms with van der Waals surface area (Å²) >= 11 is 0. The van der Waals surface area contributed by atoms with Crippen LogP contribution in [0.5, 0.6) is 97.7 Å². The second-order valence-corrected chi connectivity index (χ2v) is 7.64. The lowest BCUT2D eigenvalue weighted by Crippen LogP contribution is -1.94. The lowest BCUT2D eigenvalue weighted by molar-refractivity contribution is 0.323. The van der Waals surface area contributed by atoms with E-state index < -0.39 is 92.0 Å². The molecule has 0 amide bonds. The van der Waals surface area contributed by atoms with Crippen molar-refractivity contribution < 1.29 is 70.4 Å². The Morgan fingerprint density at radius 1 is 0.342 bits per heavy atom. The quantitative estimate of drug-likeness (QED) is 0.159. The van der Waals surface area contributed by atoms with Gasteiger partial charge in [-0.1, -0.05) is 0 Å². The lowest BCUT2D eigenvalue weighted by Gasteiger charge is -2.17. The first kappa shape index (κ1) is 25.2.